The lowest BCUT2D eigenvalue weighted by Gasteiger charge is -2.07. The summed E-state index contributed by atoms with van der Waals surface area (Å²) in [5, 5.41) is 20.6. The molecule has 2 aromatic carbocycles. The number of aliphatic hydroxyl groups excluding tert-OH is 1. The molecule has 0 aliphatic rings. The van der Waals surface area contributed by atoms with Gasteiger partial charge in [0, 0.05) is 12.6 Å². The van der Waals surface area contributed by atoms with E-state index < -0.39 is 5.91 Å². The van der Waals surface area contributed by atoms with Crippen LogP contribution in [0.2, 0.25) is 0 Å². The third kappa shape index (κ3) is 5.57. The van der Waals surface area contributed by atoms with Crippen LogP contribution in [0, 0.1) is 6.92 Å². The molecule has 0 bridgehead atoms. The molecule has 0 atom stereocenters. The largest absolute Gasteiger partial charge is 0.510 e. The third-order valence-electron chi connectivity index (χ3n) is 3.84. The van der Waals surface area contributed by atoms with Crippen molar-refractivity contribution in [3.63, 3.8) is 0 Å². The number of nitrogens with zero attached hydrogens (tertiary/aromatic N) is 2. The molecule has 27 heavy (non-hydrogen) atoms. The lowest BCUT2D eigenvalue weighted by molar-refractivity contribution is -0.117. The minimum atomic E-state index is -0.518. The SMILES string of the molecule is COc1ccc(CNC(=O)/C(N=Nc2cc(OC)ccc2C)=C(/C)O)cc1. The van der Waals surface area contributed by atoms with Crippen molar-refractivity contribution < 1.29 is 19.4 Å². The van der Waals surface area contributed by atoms with Crippen LogP contribution >= 0.6 is 0 Å². The first-order valence-corrected chi connectivity index (χ1v) is 8.32. The molecule has 2 aromatic rings. The minimum absolute atomic E-state index is 0.147. The topological polar surface area (TPSA) is 92.5 Å². The van der Waals surface area contributed by atoms with E-state index in [2.05, 4.69) is 15.5 Å². The maximum atomic E-state index is 12.4. The second-order valence-corrected chi connectivity index (χ2v) is 5.82. The van der Waals surface area contributed by atoms with E-state index in [0.29, 0.717) is 11.4 Å². The standard InChI is InChI=1S/C20H23N3O4/c1-13-5-8-17(27-4)11-18(13)22-23-19(14(2)24)20(25)21-12-15-6-9-16(26-3)10-7-15/h5-11,24H,12H2,1-4H3,(H,21,25)/b19-14+,23-22?. The molecular formula is C20H23N3O4. The average Bonchev–Trinajstić information content (AvgIpc) is 2.68. The summed E-state index contributed by atoms with van der Waals surface area (Å²) in [7, 11) is 3.15. The zero-order chi connectivity index (χ0) is 19.8. The molecule has 0 saturated carbocycles. The Hall–Kier alpha value is -3.35. The number of carbonyl (C=O) groups is 1. The van der Waals surface area contributed by atoms with E-state index in [-0.39, 0.29) is 18.0 Å². The fourth-order valence-corrected chi connectivity index (χ4v) is 2.22. The summed E-state index contributed by atoms with van der Waals surface area (Å²) >= 11 is 0. The second-order valence-electron chi connectivity index (χ2n) is 5.82. The van der Waals surface area contributed by atoms with Gasteiger partial charge >= 0.3 is 0 Å². The van der Waals surface area contributed by atoms with Gasteiger partial charge in [0.1, 0.15) is 17.3 Å². The van der Waals surface area contributed by atoms with E-state index in [9.17, 15) is 9.90 Å². The summed E-state index contributed by atoms with van der Waals surface area (Å²) in [5.41, 5.74) is 2.16. The van der Waals surface area contributed by atoms with Gasteiger partial charge in [0.25, 0.3) is 5.91 Å². The first-order chi connectivity index (χ1) is 12.9. The summed E-state index contributed by atoms with van der Waals surface area (Å²) in [5.74, 6) is 0.630. The Balaban J connectivity index is 2.10. The van der Waals surface area contributed by atoms with Crippen molar-refractivity contribution in [2.24, 2.45) is 10.2 Å². The molecule has 2 rings (SSSR count). The quantitative estimate of drug-likeness (QED) is 0.434. The van der Waals surface area contributed by atoms with Crippen LogP contribution in [0.4, 0.5) is 5.69 Å². The van der Waals surface area contributed by atoms with Crippen LogP contribution < -0.4 is 14.8 Å². The molecule has 0 aromatic heterocycles. The smallest absolute Gasteiger partial charge is 0.275 e. The molecule has 142 valence electrons. The highest BCUT2D eigenvalue weighted by atomic mass is 16.5. The van der Waals surface area contributed by atoms with E-state index in [4.69, 9.17) is 9.47 Å². The van der Waals surface area contributed by atoms with Gasteiger partial charge in [0.05, 0.1) is 19.9 Å². The predicted molar refractivity (Wildman–Crippen MR) is 102 cm³/mol. The molecule has 2 N–H and O–H groups in total. The number of azo groups is 1. The summed E-state index contributed by atoms with van der Waals surface area (Å²) in [4.78, 5) is 12.4. The molecule has 0 spiro atoms. The zero-order valence-corrected chi connectivity index (χ0v) is 15.8. The van der Waals surface area contributed by atoms with Gasteiger partial charge in [-0.25, -0.2) is 0 Å². The molecule has 7 nitrogen and oxygen atoms in total. The van der Waals surface area contributed by atoms with Gasteiger partial charge in [-0.2, -0.15) is 0 Å². The zero-order valence-electron chi connectivity index (χ0n) is 15.8. The fraction of sp³-hybridized carbons (Fsp3) is 0.250. The number of hydrogen-bond donors (Lipinski definition) is 2. The van der Waals surface area contributed by atoms with Crippen molar-refractivity contribution in [2.75, 3.05) is 14.2 Å². The van der Waals surface area contributed by atoms with E-state index in [1.54, 1.807) is 32.4 Å². The third-order valence-corrected chi connectivity index (χ3v) is 3.84. The van der Waals surface area contributed by atoms with Crippen LogP contribution in [-0.4, -0.2) is 25.2 Å². The van der Waals surface area contributed by atoms with Gasteiger partial charge in [0.15, 0.2) is 5.70 Å². The number of rotatable bonds is 7. The maximum Gasteiger partial charge on any atom is 0.275 e. The first kappa shape index (κ1) is 20.0. The van der Waals surface area contributed by atoms with E-state index in [0.717, 1.165) is 16.9 Å². The number of aliphatic hydroxyl groups is 1. The summed E-state index contributed by atoms with van der Waals surface area (Å²) in [6.07, 6.45) is 0. The minimum Gasteiger partial charge on any atom is -0.510 e. The Labute approximate surface area is 158 Å². The van der Waals surface area contributed by atoms with Crippen LogP contribution in [0.15, 0.2) is 64.1 Å². The summed E-state index contributed by atoms with van der Waals surface area (Å²) in [6.45, 7) is 3.54. The lowest BCUT2D eigenvalue weighted by Crippen LogP contribution is -2.24. The van der Waals surface area contributed by atoms with Gasteiger partial charge in [-0.1, -0.05) is 18.2 Å². The number of amides is 1. The summed E-state index contributed by atoms with van der Waals surface area (Å²) in [6, 6.07) is 12.7. The molecule has 7 heteroatoms. The monoisotopic (exact) mass is 369 g/mol. The molecule has 0 radical (unpaired) electrons. The molecular weight excluding hydrogens is 346 g/mol. The summed E-state index contributed by atoms with van der Waals surface area (Å²) < 4.78 is 10.3. The van der Waals surface area contributed by atoms with Crippen molar-refractivity contribution in [2.45, 2.75) is 20.4 Å². The Morgan fingerprint density at radius 1 is 1.07 bits per heavy atom. The van der Waals surface area contributed by atoms with E-state index >= 15 is 0 Å². The number of nitrogens with one attached hydrogen (secondary N) is 1. The Bertz CT molecular complexity index is 854. The molecule has 0 aliphatic carbocycles. The number of carbonyl (C=O) groups excluding carboxylic acids is 1. The molecule has 0 saturated heterocycles. The Morgan fingerprint density at radius 2 is 1.70 bits per heavy atom. The number of allylic oxidation sites excluding steroid dienone is 1. The Kier molecular flexibility index (Phi) is 6.93. The molecule has 1 amide bonds. The number of aryl methyl sites for hydroxylation is 1. The molecule has 0 aliphatic heterocycles. The second kappa shape index (κ2) is 9.38. The highest BCUT2D eigenvalue weighted by molar-refractivity contribution is 5.93. The van der Waals surface area contributed by atoms with Crippen LogP contribution in [0.5, 0.6) is 11.5 Å². The van der Waals surface area contributed by atoms with Crippen molar-refractivity contribution in [3.8, 4) is 11.5 Å². The van der Waals surface area contributed by atoms with Crippen LogP contribution in [0.3, 0.4) is 0 Å². The van der Waals surface area contributed by atoms with Gasteiger partial charge in [-0.05, 0) is 43.2 Å². The van der Waals surface area contributed by atoms with Crippen LogP contribution in [0.25, 0.3) is 0 Å². The van der Waals surface area contributed by atoms with Crippen molar-refractivity contribution in [1.29, 1.82) is 0 Å². The van der Waals surface area contributed by atoms with Gasteiger partial charge in [-0.15, -0.1) is 10.2 Å². The maximum absolute atomic E-state index is 12.4. The van der Waals surface area contributed by atoms with Crippen LogP contribution in [0.1, 0.15) is 18.1 Å². The number of benzene rings is 2. The Morgan fingerprint density at radius 3 is 2.30 bits per heavy atom. The van der Waals surface area contributed by atoms with Gasteiger partial charge < -0.3 is 19.9 Å². The van der Waals surface area contributed by atoms with E-state index in [1.165, 1.54) is 6.92 Å². The van der Waals surface area contributed by atoms with Gasteiger partial charge in [-0.3, -0.25) is 4.79 Å². The van der Waals surface area contributed by atoms with Crippen molar-refractivity contribution in [3.05, 3.63) is 65.0 Å². The van der Waals surface area contributed by atoms with Gasteiger partial charge in [0.2, 0.25) is 0 Å². The lowest BCUT2D eigenvalue weighted by atomic mass is 10.2. The van der Waals surface area contributed by atoms with Crippen LogP contribution in [-0.2, 0) is 11.3 Å². The normalized spacial score (nSPS) is 11.9. The average molecular weight is 369 g/mol. The first-order valence-electron chi connectivity index (χ1n) is 8.32. The highest BCUT2D eigenvalue weighted by Gasteiger charge is 2.13. The fourth-order valence-electron chi connectivity index (χ4n) is 2.22. The molecule has 0 fully saturated rings. The van der Waals surface area contributed by atoms with E-state index in [1.807, 2.05) is 31.2 Å². The highest BCUT2D eigenvalue weighted by Crippen LogP contribution is 2.25. The van der Waals surface area contributed by atoms with Crippen molar-refractivity contribution in [1.82, 2.24) is 5.32 Å². The number of hydrogen-bond acceptors (Lipinski definition) is 6. The van der Waals surface area contributed by atoms with Crippen molar-refractivity contribution >= 4 is 11.6 Å². The number of ether oxygens (including phenoxy) is 2. The number of methoxy groups -OCH3 is 2. The molecule has 0 unspecified atom stereocenters. The predicted octanol–water partition coefficient (Wildman–Crippen LogP) is 4.20. The molecule has 0 heterocycles.